The normalized spacial score (nSPS) is 10.8. The number of thiazole rings is 1. The average Bonchev–Trinajstić information content (AvgIpc) is 2.84. The Morgan fingerprint density at radius 1 is 1.40 bits per heavy atom. The van der Waals surface area contributed by atoms with Crippen molar-refractivity contribution in [1.82, 2.24) is 4.98 Å². The van der Waals surface area contributed by atoms with Gasteiger partial charge in [0.15, 0.2) is 0 Å². The Kier molecular flexibility index (Phi) is 4.78. The van der Waals surface area contributed by atoms with Crippen molar-refractivity contribution in [2.45, 2.75) is 26.7 Å². The highest BCUT2D eigenvalue weighted by molar-refractivity contribution is 7.14. The molecule has 3 nitrogen and oxygen atoms in total. The van der Waals surface area contributed by atoms with E-state index in [1.54, 1.807) is 13.0 Å². The van der Waals surface area contributed by atoms with Gasteiger partial charge in [-0.3, -0.25) is 0 Å². The van der Waals surface area contributed by atoms with Crippen LogP contribution in [0, 0.1) is 0 Å². The van der Waals surface area contributed by atoms with Crippen molar-refractivity contribution < 1.29 is 9.53 Å². The zero-order valence-corrected chi connectivity index (χ0v) is 13.2. The van der Waals surface area contributed by atoms with Crippen molar-refractivity contribution in [3.63, 3.8) is 0 Å². The maximum atomic E-state index is 12.1. The maximum absolute atomic E-state index is 12.1. The molecule has 0 spiro atoms. The van der Waals surface area contributed by atoms with E-state index in [9.17, 15) is 4.79 Å². The molecule has 5 heteroatoms. The van der Waals surface area contributed by atoms with Crippen LogP contribution in [-0.4, -0.2) is 17.6 Å². The smallest absolute Gasteiger partial charge is 0.350 e. The average molecular weight is 310 g/mol. The first-order chi connectivity index (χ1) is 9.54. The summed E-state index contributed by atoms with van der Waals surface area (Å²) in [5, 5.41) is 1.49. The van der Waals surface area contributed by atoms with Gasteiger partial charge < -0.3 is 4.74 Å². The zero-order valence-electron chi connectivity index (χ0n) is 11.6. The quantitative estimate of drug-likeness (QED) is 0.764. The number of carbonyl (C=O) groups is 1. The molecule has 2 aromatic rings. The van der Waals surface area contributed by atoms with Gasteiger partial charge in [0.05, 0.1) is 22.3 Å². The number of ether oxygens (including phenoxy) is 1. The zero-order chi connectivity index (χ0) is 14.7. The molecular formula is C15H16ClNO2S. The predicted molar refractivity (Wildman–Crippen MR) is 82.6 cm³/mol. The van der Waals surface area contributed by atoms with Crippen LogP contribution in [0.15, 0.2) is 24.3 Å². The largest absolute Gasteiger partial charge is 0.462 e. The molecule has 0 amide bonds. The molecule has 1 aromatic heterocycles. The first-order valence-corrected chi connectivity index (χ1v) is 7.66. The summed E-state index contributed by atoms with van der Waals surface area (Å²) in [5.74, 6) is -0.0868. The summed E-state index contributed by atoms with van der Waals surface area (Å²) in [5.41, 5.74) is 1.38. The van der Waals surface area contributed by atoms with Crippen molar-refractivity contribution in [1.29, 1.82) is 0 Å². The van der Waals surface area contributed by atoms with E-state index in [0.29, 0.717) is 22.2 Å². The van der Waals surface area contributed by atoms with Crippen molar-refractivity contribution in [3.05, 3.63) is 39.2 Å². The molecule has 0 saturated heterocycles. The Hall–Kier alpha value is -1.39. The van der Waals surface area contributed by atoms with Crippen LogP contribution in [0.25, 0.3) is 11.3 Å². The van der Waals surface area contributed by atoms with E-state index >= 15 is 0 Å². The molecular weight excluding hydrogens is 294 g/mol. The Balaban J connectivity index is 2.56. The summed E-state index contributed by atoms with van der Waals surface area (Å²) in [6, 6.07) is 7.39. The maximum Gasteiger partial charge on any atom is 0.350 e. The molecule has 20 heavy (non-hydrogen) atoms. The number of rotatable bonds is 4. The van der Waals surface area contributed by atoms with E-state index in [0.717, 1.165) is 10.6 Å². The standard InChI is InChI=1S/C15H16ClNO2S/c1-4-19-15(18)13-12(17-14(20-13)9(2)3)10-7-5-6-8-11(10)16/h5-9H,4H2,1-3H3. The number of benzene rings is 1. The molecule has 106 valence electrons. The van der Waals surface area contributed by atoms with Gasteiger partial charge in [-0.1, -0.05) is 43.6 Å². The number of hydrogen-bond donors (Lipinski definition) is 0. The summed E-state index contributed by atoms with van der Waals surface area (Å²) >= 11 is 7.59. The minimum absolute atomic E-state index is 0.254. The van der Waals surface area contributed by atoms with Gasteiger partial charge in [0.2, 0.25) is 0 Å². The van der Waals surface area contributed by atoms with Gasteiger partial charge in [0.25, 0.3) is 0 Å². The van der Waals surface area contributed by atoms with Crippen molar-refractivity contribution in [2.24, 2.45) is 0 Å². The number of hydrogen-bond acceptors (Lipinski definition) is 4. The number of carbonyl (C=O) groups excluding carboxylic acids is 1. The molecule has 0 fully saturated rings. The Bertz CT molecular complexity index is 622. The lowest BCUT2D eigenvalue weighted by Gasteiger charge is -2.04. The molecule has 0 radical (unpaired) electrons. The first-order valence-electron chi connectivity index (χ1n) is 6.47. The molecule has 2 rings (SSSR count). The van der Waals surface area contributed by atoms with Crippen LogP contribution in [0.3, 0.4) is 0 Å². The van der Waals surface area contributed by atoms with Crippen molar-refractivity contribution >= 4 is 28.9 Å². The molecule has 0 aliphatic rings. The second-order valence-electron chi connectivity index (χ2n) is 4.58. The topological polar surface area (TPSA) is 39.2 Å². The van der Waals surface area contributed by atoms with Gasteiger partial charge >= 0.3 is 5.97 Å². The third-order valence-electron chi connectivity index (χ3n) is 2.73. The third-order valence-corrected chi connectivity index (χ3v) is 4.39. The Morgan fingerprint density at radius 2 is 2.10 bits per heavy atom. The van der Waals surface area contributed by atoms with E-state index in [1.807, 2.05) is 32.0 Å². The van der Waals surface area contributed by atoms with E-state index in [2.05, 4.69) is 4.98 Å². The fourth-order valence-electron chi connectivity index (χ4n) is 1.75. The lowest BCUT2D eigenvalue weighted by atomic mass is 10.1. The fourth-order valence-corrected chi connectivity index (χ4v) is 2.96. The van der Waals surface area contributed by atoms with Gasteiger partial charge in [-0.25, -0.2) is 9.78 Å². The van der Waals surface area contributed by atoms with Crippen molar-refractivity contribution in [3.8, 4) is 11.3 Å². The molecule has 0 N–H and O–H groups in total. The predicted octanol–water partition coefficient (Wildman–Crippen LogP) is 4.76. The molecule has 0 unspecified atom stereocenters. The Morgan fingerprint density at radius 3 is 2.70 bits per heavy atom. The summed E-state index contributed by atoms with van der Waals surface area (Å²) < 4.78 is 5.11. The Labute approximate surface area is 127 Å². The lowest BCUT2D eigenvalue weighted by Crippen LogP contribution is -2.04. The van der Waals surface area contributed by atoms with Crippen LogP contribution in [0.5, 0.6) is 0 Å². The summed E-state index contributed by atoms with van der Waals surface area (Å²) in [6.07, 6.45) is 0. The number of aromatic nitrogens is 1. The number of nitrogens with zero attached hydrogens (tertiary/aromatic N) is 1. The van der Waals surface area contributed by atoms with Crippen LogP contribution < -0.4 is 0 Å². The molecule has 0 aliphatic heterocycles. The first kappa shape index (κ1) is 15.0. The number of halogens is 1. The third kappa shape index (κ3) is 3.02. The minimum atomic E-state index is -0.341. The van der Waals surface area contributed by atoms with Gasteiger partial charge in [-0.2, -0.15) is 0 Å². The van der Waals surface area contributed by atoms with Gasteiger partial charge in [-0.05, 0) is 13.0 Å². The molecule has 0 aliphatic carbocycles. The highest BCUT2D eigenvalue weighted by atomic mass is 35.5. The highest BCUT2D eigenvalue weighted by Crippen LogP contribution is 2.35. The van der Waals surface area contributed by atoms with Crippen LogP contribution in [0.4, 0.5) is 0 Å². The molecule has 1 aromatic carbocycles. The van der Waals surface area contributed by atoms with Crippen molar-refractivity contribution in [2.75, 3.05) is 6.61 Å². The van der Waals surface area contributed by atoms with Crippen LogP contribution in [0.1, 0.15) is 41.4 Å². The molecule has 0 bridgehead atoms. The molecule has 0 saturated carbocycles. The van der Waals surface area contributed by atoms with E-state index in [1.165, 1.54) is 11.3 Å². The minimum Gasteiger partial charge on any atom is -0.462 e. The van der Waals surface area contributed by atoms with Gasteiger partial charge in [0, 0.05) is 11.5 Å². The fraction of sp³-hybridized carbons (Fsp3) is 0.333. The summed E-state index contributed by atoms with van der Waals surface area (Å²) in [4.78, 5) is 17.2. The van der Waals surface area contributed by atoms with Crippen LogP contribution in [0.2, 0.25) is 5.02 Å². The van der Waals surface area contributed by atoms with E-state index in [4.69, 9.17) is 16.3 Å². The highest BCUT2D eigenvalue weighted by Gasteiger charge is 2.22. The summed E-state index contributed by atoms with van der Waals surface area (Å²) in [7, 11) is 0. The van der Waals surface area contributed by atoms with Crippen LogP contribution >= 0.6 is 22.9 Å². The van der Waals surface area contributed by atoms with E-state index in [-0.39, 0.29) is 11.9 Å². The van der Waals surface area contributed by atoms with Gasteiger partial charge in [-0.15, -0.1) is 11.3 Å². The second-order valence-corrected chi connectivity index (χ2v) is 6.02. The van der Waals surface area contributed by atoms with E-state index < -0.39 is 0 Å². The number of esters is 1. The summed E-state index contributed by atoms with van der Waals surface area (Å²) in [6.45, 7) is 6.22. The lowest BCUT2D eigenvalue weighted by molar-refractivity contribution is 0.0532. The molecule has 0 atom stereocenters. The van der Waals surface area contributed by atoms with Gasteiger partial charge in [0.1, 0.15) is 4.88 Å². The second kappa shape index (κ2) is 6.37. The molecule has 1 heterocycles. The SMILES string of the molecule is CCOC(=O)c1sc(C(C)C)nc1-c1ccccc1Cl. The van der Waals surface area contributed by atoms with Crippen LogP contribution in [-0.2, 0) is 4.74 Å². The monoisotopic (exact) mass is 309 g/mol.